The number of para-hydroxylation sites is 2. The molecule has 0 N–H and O–H groups in total. The van der Waals surface area contributed by atoms with Crippen LogP contribution in [0.5, 0.6) is 0 Å². The molecule has 0 aliphatic heterocycles. The van der Waals surface area contributed by atoms with Gasteiger partial charge in [-0.05, 0) is 24.3 Å². The fraction of sp³-hybridized carbons (Fsp3) is 0.118. The van der Waals surface area contributed by atoms with Crippen LogP contribution in [0.1, 0.15) is 0 Å². The number of esters is 1. The van der Waals surface area contributed by atoms with Gasteiger partial charge in [0, 0.05) is 0 Å². The first-order chi connectivity index (χ1) is 11.2. The number of rotatable bonds is 4. The summed E-state index contributed by atoms with van der Waals surface area (Å²) in [5.74, 6) is -0.272. The van der Waals surface area contributed by atoms with Crippen molar-refractivity contribution >= 4 is 28.6 Å². The number of fused-ring (bicyclic) bond motifs is 1. The molecular formula is C17H14N2O3S. The van der Waals surface area contributed by atoms with Crippen molar-refractivity contribution < 1.29 is 9.53 Å². The predicted octanol–water partition coefficient (Wildman–Crippen LogP) is 2.65. The van der Waals surface area contributed by atoms with E-state index < -0.39 is 0 Å². The van der Waals surface area contributed by atoms with Gasteiger partial charge in [-0.15, -0.1) is 0 Å². The van der Waals surface area contributed by atoms with Gasteiger partial charge in [0.15, 0.2) is 5.16 Å². The lowest BCUT2D eigenvalue weighted by atomic mass is 10.2. The quantitative estimate of drug-likeness (QED) is 0.419. The maximum Gasteiger partial charge on any atom is 0.316 e. The molecule has 0 fully saturated rings. The Hall–Kier alpha value is -2.60. The number of carbonyl (C=O) groups is 1. The van der Waals surface area contributed by atoms with E-state index in [9.17, 15) is 9.59 Å². The van der Waals surface area contributed by atoms with Crippen molar-refractivity contribution in [2.75, 3.05) is 12.9 Å². The number of hydrogen-bond donors (Lipinski definition) is 0. The third-order valence-corrected chi connectivity index (χ3v) is 4.22. The van der Waals surface area contributed by atoms with Crippen LogP contribution >= 0.6 is 11.8 Å². The Balaban J connectivity index is 2.19. The summed E-state index contributed by atoms with van der Waals surface area (Å²) in [7, 11) is 1.33. The van der Waals surface area contributed by atoms with E-state index in [1.165, 1.54) is 23.4 Å². The van der Waals surface area contributed by atoms with Gasteiger partial charge in [-0.1, -0.05) is 42.1 Å². The zero-order chi connectivity index (χ0) is 16.2. The van der Waals surface area contributed by atoms with Crippen molar-refractivity contribution in [3.63, 3.8) is 0 Å². The first kappa shape index (κ1) is 15.3. The smallest absolute Gasteiger partial charge is 0.316 e. The lowest BCUT2D eigenvalue weighted by Crippen LogP contribution is -2.22. The first-order valence-corrected chi connectivity index (χ1v) is 7.96. The number of thioether (sulfide) groups is 1. The molecule has 0 unspecified atom stereocenters. The van der Waals surface area contributed by atoms with E-state index in [0.29, 0.717) is 21.7 Å². The molecule has 0 aliphatic carbocycles. The highest BCUT2D eigenvalue weighted by atomic mass is 32.2. The molecule has 2 aromatic carbocycles. The molecule has 0 saturated heterocycles. The number of carbonyl (C=O) groups excluding carboxylic acids is 1. The van der Waals surface area contributed by atoms with Gasteiger partial charge >= 0.3 is 5.97 Å². The van der Waals surface area contributed by atoms with Crippen LogP contribution in [0, 0.1) is 0 Å². The SMILES string of the molecule is COC(=O)CSc1nc2ccccc2c(=O)n1-c1ccccc1. The van der Waals surface area contributed by atoms with Crippen LogP contribution in [0.3, 0.4) is 0 Å². The fourth-order valence-corrected chi connectivity index (χ4v) is 3.04. The van der Waals surface area contributed by atoms with E-state index in [1.807, 2.05) is 42.5 Å². The largest absolute Gasteiger partial charge is 0.468 e. The number of methoxy groups -OCH3 is 1. The summed E-state index contributed by atoms with van der Waals surface area (Å²) in [6.45, 7) is 0. The monoisotopic (exact) mass is 326 g/mol. The minimum absolute atomic E-state index is 0.0914. The summed E-state index contributed by atoms with van der Waals surface area (Å²) >= 11 is 1.18. The van der Waals surface area contributed by atoms with Crippen LogP contribution in [0.25, 0.3) is 16.6 Å². The molecule has 0 aliphatic rings. The number of ether oxygens (including phenoxy) is 1. The van der Waals surface area contributed by atoms with Crippen molar-refractivity contribution in [2.24, 2.45) is 0 Å². The second kappa shape index (κ2) is 6.66. The van der Waals surface area contributed by atoms with Crippen LogP contribution in [0.2, 0.25) is 0 Å². The second-order valence-corrected chi connectivity index (χ2v) is 5.69. The van der Waals surface area contributed by atoms with Crippen LogP contribution in [0.4, 0.5) is 0 Å². The lowest BCUT2D eigenvalue weighted by molar-refractivity contribution is -0.137. The minimum atomic E-state index is -0.364. The maximum atomic E-state index is 12.9. The molecule has 5 nitrogen and oxygen atoms in total. The molecule has 0 saturated carbocycles. The highest BCUT2D eigenvalue weighted by Crippen LogP contribution is 2.21. The van der Waals surface area contributed by atoms with E-state index in [1.54, 1.807) is 12.1 Å². The van der Waals surface area contributed by atoms with Gasteiger partial charge in [0.25, 0.3) is 5.56 Å². The Bertz CT molecular complexity index is 907. The average molecular weight is 326 g/mol. The van der Waals surface area contributed by atoms with E-state index in [-0.39, 0.29) is 17.3 Å². The van der Waals surface area contributed by atoms with Gasteiger partial charge in [0.1, 0.15) is 0 Å². The maximum absolute atomic E-state index is 12.9. The molecule has 116 valence electrons. The normalized spacial score (nSPS) is 10.7. The first-order valence-electron chi connectivity index (χ1n) is 6.97. The van der Waals surface area contributed by atoms with Crippen LogP contribution < -0.4 is 5.56 Å². The standard InChI is InChI=1S/C17H14N2O3S/c1-22-15(20)11-23-17-18-14-10-6-5-9-13(14)16(21)19(17)12-7-3-2-4-8-12/h2-10H,11H2,1H3. The van der Waals surface area contributed by atoms with Crippen molar-refractivity contribution in [1.29, 1.82) is 0 Å². The van der Waals surface area contributed by atoms with Crippen molar-refractivity contribution in [3.05, 3.63) is 65.0 Å². The Labute approximate surface area is 136 Å². The van der Waals surface area contributed by atoms with Gasteiger partial charge in [-0.25, -0.2) is 4.98 Å². The van der Waals surface area contributed by atoms with Gasteiger partial charge in [0.05, 0.1) is 29.5 Å². The molecule has 0 amide bonds. The summed E-state index contributed by atoms with van der Waals surface area (Å²) in [5, 5.41) is 1.00. The van der Waals surface area contributed by atoms with Gasteiger partial charge in [0.2, 0.25) is 0 Å². The Morgan fingerprint density at radius 2 is 1.83 bits per heavy atom. The number of aromatic nitrogens is 2. The van der Waals surface area contributed by atoms with Crippen LogP contribution in [-0.4, -0.2) is 28.4 Å². The van der Waals surface area contributed by atoms with Crippen LogP contribution in [0.15, 0.2) is 64.5 Å². The van der Waals surface area contributed by atoms with Crippen molar-refractivity contribution in [1.82, 2.24) is 9.55 Å². The Morgan fingerprint density at radius 1 is 1.13 bits per heavy atom. The third-order valence-electron chi connectivity index (χ3n) is 3.31. The molecule has 0 spiro atoms. The molecular weight excluding hydrogens is 312 g/mol. The van der Waals surface area contributed by atoms with E-state index in [0.717, 1.165) is 0 Å². The Morgan fingerprint density at radius 3 is 2.57 bits per heavy atom. The highest BCUT2D eigenvalue weighted by Gasteiger charge is 2.14. The van der Waals surface area contributed by atoms with Gasteiger partial charge < -0.3 is 4.74 Å². The molecule has 1 heterocycles. The molecule has 0 radical (unpaired) electrons. The molecule has 23 heavy (non-hydrogen) atoms. The zero-order valence-electron chi connectivity index (χ0n) is 12.4. The zero-order valence-corrected chi connectivity index (χ0v) is 13.2. The molecule has 0 atom stereocenters. The lowest BCUT2D eigenvalue weighted by Gasteiger charge is -2.12. The number of nitrogens with zero attached hydrogens (tertiary/aromatic N) is 2. The topological polar surface area (TPSA) is 61.2 Å². The second-order valence-electron chi connectivity index (χ2n) is 4.75. The fourth-order valence-electron chi connectivity index (χ4n) is 2.20. The summed E-state index contributed by atoms with van der Waals surface area (Å²) in [5.41, 5.74) is 1.16. The number of benzene rings is 2. The summed E-state index contributed by atoms with van der Waals surface area (Å²) in [6, 6.07) is 16.4. The van der Waals surface area contributed by atoms with Crippen molar-refractivity contribution in [2.45, 2.75) is 5.16 Å². The number of hydrogen-bond acceptors (Lipinski definition) is 5. The van der Waals surface area contributed by atoms with Gasteiger partial charge in [-0.2, -0.15) is 0 Å². The van der Waals surface area contributed by atoms with Gasteiger partial charge in [-0.3, -0.25) is 14.2 Å². The summed E-state index contributed by atoms with van der Waals surface area (Å²) in [6.07, 6.45) is 0. The predicted molar refractivity (Wildman–Crippen MR) is 90.1 cm³/mol. The summed E-state index contributed by atoms with van der Waals surface area (Å²) in [4.78, 5) is 28.8. The summed E-state index contributed by atoms with van der Waals surface area (Å²) < 4.78 is 6.18. The molecule has 3 rings (SSSR count). The highest BCUT2D eigenvalue weighted by molar-refractivity contribution is 7.99. The van der Waals surface area contributed by atoms with E-state index >= 15 is 0 Å². The minimum Gasteiger partial charge on any atom is -0.468 e. The third kappa shape index (κ3) is 3.12. The van der Waals surface area contributed by atoms with E-state index in [2.05, 4.69) is 9.72 Å². The molecule has 0 bridgehead atoms. The van der Waals surface area contributed by atoms with Crippen molar-refractivity contribution in [3.8, 4) is 5.69 Å². The average Bonchev–Trinajstić information content (AvgIpc) is 2.60. The molecule has 3 aromatic rings. The van der Waals surface area contributed by atoms with Crippen LogP contribution in [-0.2, 0) is 9.53 Å². The Kier molecular flexibility index (Phi) is 4.43. The van der Waals surface area contributed by atoms with E-state index in [4.69, 9.17) is 0 Å². The molecule has 6 heteroatoms. The molecule has 1 aromatic heterocycles.